The molecule has 2 saturated heterocycles. The molecule has 0 aromatic heterocycles. The van der Waals surface area contributed by atoms with E-state index in [4.69, 9.17) is 0 Å². The van der Waals surface area contributed by atoms with Crippen molar-refractivity contribution in [1.29, 1.82) is 0 Å². The topological polar surface area (TPSA) is 69.7 Å². The Labute approximate surface area is 133 Å². The molecule has 4 amide bonds. The number of hydrogen-bond acceptors (Lipinski definition) is 3. The first-order valence-electron chi connectivity index (χ1n) is 7.62. The van der Waals surface area contributed by atoms with Crippen molar-refractivity contribution < 1.29 is 18.8 Å². The lowest BCUT2D eigenvalue weighted by Crippen LogP contribution is -2.49. The predicted octanol–water partition coefficient (Wildman–Crippen LogP) is 1.29. The quantitative estimate of drug-likeness (QED) is 0.835. The summed E-state index contributed by atoms with van der Waals surface area (Å²) in [5, 5.41) is 2.50. The van der Waals surface area contributed by atoms with Crippen molar-refractivity contribution in [2.24, 2.45) is 0 Å². The van der Waals surface area contributed by atoms with E-state index in [0.717, 1.165) is 0 Å². The highest BCUT2D eigenvalue weighted by molar-refractivity contribution is 6.02. The molecule has 2 aliphatic heterocycles. The van der Waals surface area contributed by atoms with Crippen LogP contribution < -0.4 is 5.32 Å². The Bertz CT molecular complexity index is 653. The van der Waals surface area contributed by atoms with Gasteiger partial charge in [-0.1, -0.05) is 6.07 Å². The average molecular weight is 319 g/mol. The summed E-state index contributed by atoms with van der Waals surface area (Å²) in [6.07, 6.45) is 1.08. The second-order valence-electron chi connectivity index (χ2n) is 5.91. The number of carbonyl (C=O) groups is 3. The van der Waals surface area contributed by atoms with Crippen LogP contribution in [0.3, 0.4) is 0 Å². The van der Waals surface area contributed by atoms with Gasteiger partial charge in [0.05, 0.1) is 6.54 Å². The minimum Gasteiger partial charge on any atom is -0.338 e. The van der Waals surface area contributed by atoms with Crippen LogP contribution in [-0.2, 0) is 4.79 Å². The van der Waals surface area contributed by atoms with E-state index in [0.29, 0.717) is 37.1 Å². The van der Waals surface area contributed by atoms with E-state index >= 15 is 0 Å². The van der Waals surface area contributed by atoms with Crippen LogP contribution in [0, 0.1) is 12.7 Å². The Morgan fingerprint density at radius 3 is 2.52 bits per heavy atom. The molecule has 7 heteroatoms. The van der Waals surface area contributed by atoms with E-state index in [1.54, 1.807) is 24.0 Å². The Morgan fingerprint density at radius 1 is 1.26 bits per heavy atom. The molecule has 2 fully saturated rings. The molecule has 0 atom stereocenters. The molecule has 2 heterocycles. The first-order valence-corrected chi connectivity index (χ1v) is 7.62. The van der Waals surface area contributed by atoms with Gasteiger partial charge in [-0.3, -0.25) is 14.5 Å². The summed E-state index contributed by atoms with van der Waals surface area (Å²) in [6.45, 7) is 2.57. The number of nitrogens with zero attached hydrogens (tertiary/aromatic N) is 2. The minimum atomic E-state index is -0.398. The van der Waals surface area contributed by atoms with Crippen LogP contribution in [0.5, 0.6) is 0 Å². The van der Waals surface area contributed by atoms with Crippen LogP contribution in [0.1, 0.15) is 28.8 Å². The second kappa shape index (κ2) is 5.98. The van der Waals surface area contributed by atoms with E-state index in [1.165, 1.54) is 11.0 Å². The zero-order valence-corrected chi connectivity index (χ0v) is 12.8. The fourth-order valence-electron chi connectivity index (χ4n) is 3.04. The molecule has 0 aliphatic carbocycles. The molecule has 1 N–H and O–H groups in total. The zero-order valence-electron chi connectivity index (χ0n) is 12.8. The van der Waals surface area contributed by atoms with Gasteiger partial charge in [-0.2, -0.15) is 0 Å². The van der Waals surface area contributed by atoms with E-state index in [2.05, 4.69) is 5.32 Å². The molecule has 0 bridgehead atoms. The third-order valence-corrected chi connectivity index (χ3v) is 4.41. The highest BCUT2D eigenvalue weighted by Gasteiger charge is 2.37. The van der Waals surface area contributed by atoms with Crippen LogP contribution in [-0.4, -0.2) is 53.3 Å². The maximum atomic E-state index is 13.6. The third-order valence-electron chi connectivity index (χ3n) is 4.41. The van der Waals surface area contributed by atoms with Crippen LogP contribution in [0.4, 0.5) is 9.18 Å². The van der Waals surface area contributed by atoms with Gasteiger partial charge in [-0.05, 0) is 37.5 Å². The number of piperidine rings is 1. The second-order valence-corrected chi connectivity index (χ2v) is 5.91. The Balaban J connectivity index is 1.64. The van der Waals surface area contributed by atoms with Crippen LogP contribution in [0.15, 0.2) is 18.2 Å². The van der Waals surface area contributed by atoms with Gasteiger partial charge in [0.1, 0.15) is 5.82 Å². The van der Waals surface area contributed by atoms with Gasteiger partial charge < -0.3 is 10.2 Å². The summed E-state index contributed by atoms with van der Waals surface area (Å²) in [7, 11) is 0. The number of nitrogens with one attached hydrogen (secondary N) is 1. The van der Waals surface area contributed by atoms with Crippen molar-refractivity contribution >= 4 is 17.8 Å². The van der Waals surface area contributed by atoms with Crippen LogP contribution >= 0.6 is 0 Å². The highest BCUT2D eigenvalue weighted by Crippen LogP contribution is 2.21. The van der Waals surface area contributed by atoms with E-state index in [9.17, 15) is 18.8 Å². The lowest BCUT2D eigenvalue weighted by Gasteiger charge is -2.35. The van der Waals surface area contributed by atoms with Gasteiger partial charge in [-0.25, -0.2) is 9.18 Å². The number of likely N-dealkylation sites (tertiary alicyclic amines) is 1. The first-order chi connectivity index (χ1) is 11.0. The molecular weight excluding hydrogens is 301 g/mol. The maximum absolute atomic E-state index is 13.6. The number of urea groups is 1. The third kappa shape index (κ3) is 2.91. The molecule has 0 radical (unpaired) electrons. The van der Waals surface area contributed by atoms with Gasteiger partial charge in [0.2, 0.25) is 5.91 Å². The maximum Gasteiger partial charge on any atom is 0.324 e. The van der Waals surface area contributed by atoms with Crippen molar-refractivity contribution in [3.63, 3.8) is 0 Å². The lowest BCUT2D eigenvalue weighted by atomic mass is 10.0. The molecule has 0 spiro atoms. The van der Waals surface area contributed by atoms with Crippen molar-refractivity contribution in [3.8, 4) is 0 Å². The molecular formula is C16H18FN3O3. The molecule has 6 nitrogen and oxygen atoms in total. The monoisotopic (exact) mass is 319 g/mol. The van der Waals surface area contributed by atoms with E-state index < -0.39 is 5.82 Å². The summed E-state index contributed by atoms with van der Waals surface area (Å²) in [5.41, 5.74) is 0.820. The standard InChI is InChI=1S/C16H18FN3O3/c1-10-2-3-11(8-13(10)17)15(22)19-6-4-12(5-7-19)20-14(21)9-18-16(20)23/h2-3,8,12H,4-7,9H2,1H3,(H,18,23). The molecule has 1 aromatic carbocycles. The summed E-state index contributed by atoms with van der Waals surface area (Å²) >= 11 is 0. The number of carbonyl (C=O) groups excluding carboxylic acids is 3. The average Bonchev–Trinajstić information content (AvgIpc) is 2.88. The summed E-state index contributed by atoms with van der Waals surface area (Å²) < 4.78 is 13.6. The van der Waals surface area contributed by atoms with Crippen molar-refractivity contribution in [2.45, 2.75) is 25.8 Å². The van der Waals surface area contributed by atoms with Crippen LogP contribution in [0.25, 0.3) is 0 Å². The SMILES string of the molecule is Cc1ccc(C(=O)N2CCC(N3C(=O)CNC3=O)CC2)cc1F. The molecule has 0 saturated carbocycles. The molecule has 3 rings (SSSR count). The Hall–Kier alpha value is -2.44. The summed E-state index contributed by atoms with van der Waals surface area (Å²) in [5.74, 6) is -0.843. The van der Waals surface area contributed by atoms with E-state index in [-0.39, 0.29) is 30.4 Å². The summed E-state index contributed by atoms with van der Waals surface area (Å²) in [4.78, 5) is 38.7. The largest absolute Gasteiger partial charge is 0.338 e. The first kappa shape index (κ1) is 15.5. The van der Waals surface area contributed by atoms with E-state index in [1.807, 2.05) is 0 Å². The molecule has 2 aliphatic rings. The number of amides is 4. The Morgan fingerprint density at radius 2 is 1.96 bits per heavy atom. The fraction of sp³-hybridized carbons (Fsp3) is 0.438. The normalized spacial score (nSPS) is 19.2. The molecule has 0 unspecified atom stereocenters. The molecule has 1 aromatic rings. The van der Waals surface area contributed by atoms with Gasteiger partial charge in [0.25, 0.3) is 5.91 Å². The van der Waals surface area contributed by atoms with Crippen molar-refractivity contribution in [1.82, 2.24) is 15.1 Å². The summed E-state index contributed by atoms with van der Waals surface area (Å²) in [6, 6.07) is 3.91. The van der Waals surface area contributed by atoms with Crippen LogP contribution in [0.2, 0.25) is 0 Å². The van der Waals surface area contributed by atoms with Gasteiger partial charge in [-0.15, -0.1) is 0 Å². The fourth-order valence-corrected chi connectivity index (χ4v) is 3.04. The van der Waals surface area contributed by atoms with Gasteiger partial charge in [0, 0.05) is 24.7 Å². The number of halogens is 1. The zero-order chi connectivity index (χ0) is 16.6. The smallest absolute Gasteiger partial charge is 0.324 e. The number of imide groups is 1. The molecule has 23 heavy (non-hydrogen) atoms. The van der Waals surface area contributed by atoms with Crippen molar-refractivity contribution in [2.75, 3.05) is 19.6 Å². The number of aryl methyl sites for hydroxylation is 1. The highest BCUT2D eigenvalue weighted by atomic mass is 19.1. The number of hydrogen-bond donors (Lipinski definition) is 1. The lowest BCUT2D eigenvalue weighted by molar-refractivity contribution is -0.127. The van der Waals surface area contributed by atoms with Crippen molar-refractivity contribution in [3.05, 3.63) is 35.1 Å². The number of rotatable bonds is 2. The Kier molecular flexibility index (Phi) is 4.02. The van der Waals surface area contributed by atoms with Gasteiger partial charge >= 0.3 is 6.03 Å². The number of benzene rings is 1. The minimum absolute atomic E-state index is 0.0423. The van der Waals surface area contributed by atoms with Gasteiger partial charge in [0.15, 0.2) is 0 Å². The predicted molar refractivity (Wildman–Crippen MR) is 80.3 cm³/mol. The molecule has 122 valence electrons.